The van der Waals surface area contributed by atoms with Crippen molar-refractivity contribution in [3.8, 4) is 34.9 Å². The van der Waals surface area contributed by atoms with Gasteiger partial charge in [-0.2, -0.15) is 0 Å². The van der Waals surface area contributed by atoms with E-state index in [4.69, 9.17) is 72.5 Å². The molecule has 6 aliphatic heterocycles. The van der Waals surface area contributed by atoms with Gasteiger partial charge in [-0.15, -0.1) is 0 Å². The number of rotatable bonds is 12. The molecule has 3 radical (unpaired) electrons. The van der Waals surface area contributed by atoms with Crippen molar-refractivity contribution < 1.29 is 141 Å². The maximum absolute atomic E-state index is 14.1. The maximum atomic E-state index is 14.1. The number of aromatic nitrogens is 6. The van der Waals surface area contributed by atoms with Gasteiger partial charge in [-0.05, 0) is 200 Å². The molecule has 3 N–H and O–H groups in total. The van der Waals surface area contributed by atoms with E-state index >= 15 is 0 Å². The molecule has 6 bridgehead atoms. The van der Waals surface area contributed by atoms with Crippen LogP contribution in [-0.4, -0.2) is 211 Å². The van der Waals surface area contributed by atoms with Crippen LogP contribution in [0.15, 0.2) is 54.6 Å². The molecule has 9 heterocycles. The molecule has 0 spiro atoms. The van der Waals surface area contributed by atoms with E-state index in [2.05, 4.69) is 34.8 Å². The van der Waals surface area contributed by atoms with Crippen LogP contribution in [0, 0.1) is 51.8 Å². The average Bonchev–Trinajstić information content (AvgIpc) is 1.61. The summed E-state index contributed by atoms with van der Waals surface area (Å²) in [5, 5.41) is 8.55. The van der Waals surface area contributed by atoms with E-state index in [1.165, 1.54) is 14.7 Å². The molecule has 3 aromatic carbocycles. The van der Waals surface area contributed by atoms with Crippen LogP contribution in [0.1, 0.15) is 256 Å². The molecule has 3 aliphatic carbocycles. The number of nitrogens with zero attached hydrogens (tertiary/aromatic N) is 9. The molecule has 3 aromatic heterocycles. The predicted molar refractivity (Wildman–Crippen MR) is 485 cm³/mol. The van der Waals surface area contributed by atoms with Gasteiger partial charge in [0.25, 0.3) is 0 Å². The molecule has 3 saturated heterocycles. The van der Waals surface area contributed by atoms with Crippen molar-refractivity contribution in [2.24, 2.45) is 51.8 Å². The van der Waals surface area contributed by atoms with Crippen LogP contribution in [-0.2, 0) is 118 Å². The molecule has 15 rings (SSSR count). The Morgan fingerprint density at radius 3 is 1.07 bits per heavy atom. The molecule has 6 fully saturated rings. The molecule has 717 valence electrons. The van der Waals surface area contributed by atoms with Crippen molar-refractivity contribution in [1.29, 1.82) is 0 Å². The first kappa shape index (κ1) is 106. The van der Waals surface area contributed by atoms with Crippen molar-refractivity contribution in [3.63, 3.8) is 0 Å². The normalized spacial score (nSPS) is 28.5. The third-order valence-electron chi connectivity index (χ3n) is 27.4. The van der Waals surface area contributed by atoms with E-state index in [1.54, 1.807) is 0 Å². The molecule has 33 heteroatoms. The molecule has 30 nitrogen and oxygen atoms in total. The smallest absolute Gasteiger partial charge is 0.408 e. The Balaban J connectivity index is 0.000000203. The van der Waals surface area contributed by atoms with Crippen LogP contribution in [0.3, 0.4) is 0 Å². The van der Waals surface area contributed by atoms with Crippen molar-refractivity contribution in [2.75, 3.05) is 39.5 Å². The fourth-order valence-corrected chi connectivity index (χ4v) is 19.8. The van der Waals surface area contributed by atoms with Crippen LogP contribution >= 0.6 is 0 Å². The van der Waals surface area contributed by atoms with Gasteiger partial charge in [0.2, 0.25) is 35.4 Å². The number of amides is 6. The second-order valence-electron chi connectivity index (χ2n) is 39.8. The summed E-state index contributed by atoms with van der Waals surface area (Å²) in [6.45, 7) is 32.8. The van der Waals surface area contributed by atoms with Gasteiger partial charge < -0.3 is 87.7 Å². The minimum atomic E-state index is -0.903. The van der Waals surface area contributed by atoms with E-state index in [9.17, 15) is 43.2 Å². The molecular formula is C99H135N12O18V3-3. The Hall–Kier alpha value is -8.54. The summed E-state index contributed by atoms with van der Waals surface area (Å²) in [6.07, 6.45) is 22.9. The van der Waals surface area contributed by atoms with Crippen LogP contribution in [0.5, 0.6) is 34.9 Å². The maximum Gasteiger partial charge on any atom is 0.408 e. The summed E-state index contributed by atoms with van der Waals surface area (Å²) in [4.78, 5) is 153. The number of nitrogens with one attached hydrogen (secondary N) is 3. The fourth-order valence-electron chi connectivity index (χ4n) is 19.8. The standard InChI is InChI=1S/C34H47N4O6.C33H45N4O6.C32H43N4O6.3V/c1-6-23-27(20-39)38-19-29(23)43-31-25(35-24-17-16-22(42-7-2)18-26(24)36-31)14-10-8-9-12-21-13-11-15-28(21)44-33(41)37-30(32(38)40)34(3,4)5;1-7-22-26(19-38)37-18-27(22)42-29-24(34-23-15-14-21(41-8-2)16-25(23)35-29)13-11-9-10-12-20-17-33(20,6)43-31(40)36-28(30(37)39)32(3,4)5;1-6-21-25(18-37)36-17-27(21)41-29-23(33-22-14-13-20(40-7-2)16-24(22)34-29)12-10-8-9-11-19-15-26(19)42-31(39)35-28(30(36)38)32(3,4)5;;;/h16-18,21,23,27-30H,6-15,19H2,1-5H3,(H,37,41);14-16,20,22,26-28H,7-13,17-18H2,1-6H3,(H,36,40);13-14,16,19,21,25-28H,6-12,15,17H2,1-5H3,(H,35,39);;;/q3*-1;;;/t21-,23+,27-,28-,29+,30-;20-,22+,26-,27+,28-,33-;19-,21+,25-,26-,27+,28-;;;/m111.../s1. The van der Waals surface area contributed by atoms with Crippen LogP contribution in [0.4, 0.5) is 14.4 Å². The van der Waals surface area contributed by atoms with Gasteiger partial charge >= 0.3 is 18.3 Å². The molecule has 0 unspecified atom stereocenters. The number of carbonyl (C=O) groups excluding carboxylic acids is 9. The zero-order chi connectivity index (χ0) is 92.4. The number of hydrogen-bond donors (Lipinski definition) is 3. The number of carbonyl (C=O) groups is 6. The zero-order valence-electron chi connectivity index (χ0n) is 79.7. The summed E-state index contributed by atoms with van der Waals surface area (Å²) in [7, 11) is 0. The predicted octanol–water partition coefficient (Wildman–Crippen LogP) is 15.5. The first-order chi connectivity index (χ1) is 61.7. The third kappa shape index (κ3) is 25.4. The molecule has 3 saturated carbocycles. The van der Waals surface area contributed by atoms with Crippen LogP contribution in [0.25, 0.3) is 33.1 Å². The van der Waals surface area contributed by atoms with E-state index < -0.39 is 94.7 Å². The summed E-state index contributed by atoms with van der Waals surface area (Å²) in [5.41, 5.74) is 4.17. The van der Waals surface area contributed by atoms with Gasteiger partial charge in [-0.25, -0.2) is 63.1 Å². The summed E-state index contributed by atoms with van der Waals surface area (Å²) < 4.78 is 54.4. The van der Waals surface area contributed by atoms with Crippen molar-refractivity contribution in [2.45, 2.75) is 331 Å². The SMILES string of the molecule is CCOc1ccc2nc3c(nc2c1)O[C@H]1CN(C(=O)[C@H](C(C)(C)C)NC(=O)O[C@@H]2CCC[C@H]2CCCCC3)[C@H]([C-]=O)[C@@H]1CC.CCOc1ccc2nc3c(nc2c1)O[C@H]1CN(C(=O)[C@H](C(C)(C)C)NC(=O)O[C@@H]2C[C@H]2CCCCC3)[C@H]([C-]=O)[C@@H]1CC.CCOc1ccc2nc3c(nc2c1)O[C@H]1CN(C(=O)[C@H](C(C)(C)C)NC(=O)O[C@]2(C)C[C@H]2CCCCC3)[C@H]([C-]=O)[C@@H]1CC.[V].[V].[V]. The van der Waals surface area contributed by atoms with E-state index in [1.807, 2.05) is 165 Å². The molecule has 6 amide bonds. The van der Waals surface area contributed by atoms with Gasteiger partial charge in [0.1, 0.15) is 88.6 Å². The molecule has 132 heavy (non-hydrogen) atoms. The van der Waals surface area contributed by atoms with Gasteiger partial charge in [0.15, 0.2) is 0 Å². The van der Waals surface area contributed by atoms with Crippen LogP contribution in [0.2, 0.25) is 0 Å². The Morgan fingerprint density at radius 2 is 0.727 bits per heavy atom. The minimum Gasteiger partial charge on any atom is -0.540 e. The fraction of sp³-hybridized carbons (Fsp3) is 0.667. The summed E-state index contributed by atoms with van der Waals surface area (Å²) in [6, 6.07) is 11.9. The number of alkyl carbamates (subject to hydrolysis) is 3. The van der Waals surface area contributed by atoms with Crippen molar-refractivity contribution in [3.05, 3.63) is 71.7 Å². The van der Waals surface area contributed by atoms with Crippen molar-refractivity contribution >= 4 is 88.0 Å². The van der Waals surface area contributed by atoms with Gasteiger partial charge in [0, 0.05) is 79.8 Å². The third-order valence-corrected chi connectivity index (χ3v) is 27.4. The molecule has 18 atom stereocenters. The van der Waals surface area contributed by atoms with E-state index in [0.717, 1.165) is 143 Å². The van der Waals surface area contributed by atoms with Gasteiger partial charge in [-0.1, -0.05) is 159 Å². The summed E-state index contributed by atoms with van der Waals surface area (Å²) in [5.74, 6) is 2.39. The summed E-state index contributed by atoms with van der Waals surface area (Å²) >= 11 is 0. The van der Waals surface area contributed by atoms with Crippen molar-refractivity contribution in [1.82, 2.24) is 60.6 Å². The molecular weight excluding hydrogens is 1800 g/mol. The second-order valence-corrected chi connectivity index (χ2v) is 39.8. The number of aryl methyl sites for hydroxylation is 3. The number of fused-ring (bicyclic) bond motifs is 15. The number of benzene rings is 3. The Labute approximate surface area is 813 Å². The molecule has 6 aromatic rings. The topological polar surface area (TPSA) is 360 Å². The second kappa shape index (κ2) is 46.3. The van der Waals surface area contributed by atoms with Crippen LogP contribution < -0.4 is 44.4 Å². The average molecular weight is 1930 g/mol. The Kier molecular flexibility index (Phi) is 37.0. The first-order valence-electron chi connectivity index (χ1n) is 47.5. The Morgan fingerprint density at radius 1 is 0.394 bits per heavy atom. The van der Waals surface area contributed by atoms with Gasteiger partial charge in [-0.3, -0.25) is 14.4 Å². The largest absolute Gasteiger partial charge is 0.540 e. The monoisotopic (exact) mass is 1930 g/mol. The quantitative estimate of drug-likeness (QED) is 0.0756. The number of ether oxygens (including phenoxy) is 9. The zero-order valence-corrected chi connectivity index (χ0v) is 83.9. The molecule has 9 aliphatic rings. The van der Waals surface area contributed by atoms with Gasteiger partial charge in [0.05, 0.1) is 72.6 Å². The first-order valence-corrected chi connectivity index (χ1v) is 47.5. The van der Waals surface area contributed by atoms with E-state index in [0.29, 0.717) is 128 Å². The minimum absolute atomic E-state index is 0. The Bertz CT molecular complexity index is 5000. The van der Waals surface area contributed by atoms with E-state index in [-0.39, 0.29) is 123 Å². The number of hydrogen-bond acceptors (Lipinski definition) is 24.